The predicted molar refractivity (Wildman–Crippen MR) is 83.7 cm³/mol. The van der Waals surface area contributed by atoms with Crippen molar-refractivity contribution in [1.82, 2.24) is 0 Å². The van der Waals surface area contributed by atoms with Gasteiger partial charge in [0.05, 0.1) is 11.5 Å². The molecule has 0 radical (unpaired) electrons. The predicted octanol–water partition coefficient (Wildman–Crippen LogP) is 4.94. The number of nitrogens with zero attached hydrogens (tertiary/aromatic N) is 1. The fraction of sp³-hybridized carbons (Fsp3) is 0.389. The summed E-state index contributed by atoms with van der Waals surface area (Å²) in [6.45, 7) is 0. The number of thiophene rings is 1. The Kier molecular flexibility index (Phi) is 3.89. The zero-order chi connectivity index (χ0) is 13.8. The molecule has 1 heterocycles. The van der Waals surface area contributed by atoms with Crippen molar-refractivity contribution >= 4 is 11.3 Å². The molecular formula is C18H19NS. The second kappa shape index (κ2) is 5.81. The zero-order valence-corrected chi connectivity index (χ0v) is 12.4. The Morgan fingerprint density at radius 3 is 2.70 bits per heavy atom. The van der Waals surface area contributed by atoms with E-state index in [1.54, 1.807) is 11.3 Å². The molecule has 1 aliphatic rings. The first kappa shape index (κ1) is 13.4. The first-order chi connectivity index (χ1) is 9.85. The zero-order valence-electron chi connectivity index (χ0n) is 11.6. The van der Waals surface area contributed by atoms with E-state index in [1.165, 1.54) is 29.7 Å². The molecule has 2 atom stereocenters. The fourth-order valence-electron chi connectivity index (χ4n) is 3.48. The lowest BCUT2D eigenvalue weighted by atomic mass is 9.64. The molecule has 2 heteroatoms. The lowest BCUT2D eigenvalue weighted by Crippen LogP contribution is -2.37. The number of benzene rings is 1. The van der Waals surface area contributed by atoms with Gasteiger partial charge in [0, 0.05) is 4.88 Å². The van der Waals surface area contributed by atoms with E-state index in [1.807, 2.05) is 0 Å². The van der Waals surface area contributed by atoms with Crippen molar-refractivity contribution in [2.24, 2.45) is 5.92 Å². The first-order valence-electron chi connectivity index (χ1n) is 7.34. The van der Waals surface area contributed by atoms with Gasteiger partial charge < -0.3 is 0 Å². The van der Waals surface area contributed by atoms with E-state index in [2.05, 4.69) is 53.9 Å². The maximum absolute atomic E-state index is 9.92. The molecule has 1 aromatic carbocycles. The van der Waals surface area contributed by atoms with Gasteiger partial charge in [-0.25, -0.2) is 0 Å². The van der Waals surface area contributed by atoms with Crippen molar-refractivity contribution < 1.29 is 0 Å². The van der Waals surface area contributed by atoms with E-state index in [0.717, 1.165) is 12.8 Å². The van der Waals surface area contributed by atoms with Crippen LogP contribution in [0.1, 0.15) is 36.1 Å². The van der Waals surface area contributed by atoms with Gasteiger partial charge in [-0.05, 0) is 42.2 Å². The van der Waals surface area contributed by atoms with Crippen molar-refractivity contribution in [3.05, 3.63) is 58.3 Å². The normalized spacial score (nSPS) is 26.1. The quantitative estimate of drug-likeness (QED) is 0.781. The van der Waals surface area contributed by atoms with Gasteiger partial charge in [-0.1, -0.05) is 49.2 Å². The Balaban J connectivity index is 1.93. The minimum absolute atomic E-state index is 0.262. The highest BCUT2D eigenvalue weighted by Crippen LogP contribution is 2.46. The summed E-state index contributed by atoms with van der Waals surface area (Å²) in [6, 6.07) is 17.5. The summed E-state index contributed by atoms with van der Waals surface area (Å²) < 4.78 is 0. The van der Waals surface area contributed by atoms with E-state index >= 15 is 0 Å². The molecule has 0 N–H and O–H groups in total. The third-order valence-electron chi connectivity index (χ3n) is 4.56. The summed E-state index contributed by atoms with van der Waals surface area (Å²) in [5.41, 5.74) is 1.10. The molecule has 1 saturated carbocycles. The van der Waals surface area contributed by atoms with Gasteiger partial charge >= 0.3 is 0 Å². The Labute approximate surface area is 124 Å². The van der Waals surface area contributed by atoms with Gasteiger partial charge in [0.15, 0.2) is 0 Å². The number of hydrogen-bond acceptors (Lipinski definition) is 2. The molecule has 20 heavy (non-hydrogen) atoms. The fourth-order valence-corrected chi connectivity index (χ4v) is 4.46. The van der Waals surface area contributed by atoms with Crippen LogP contribution in [0.15, 0.2) is 47.8 Å². The summed E-state index contributed by atoms with van der Waals surface area (Å²) in [5, 5.41) is 12.0. The van der Waals surface area contributed by atoms with Crippen molar-refractivity contribution in [2.45, 2.75) is 37.5 Å². The molecule has 1 aromatic heterocycles. The summed E-state index contributed by atoms with van der Waals surface area (Å²) >= 11 is 1.74. The molecule has 2 aromatic rings. The van der Waals surface area contributed by atoms with E-state index in [9.17, 15) is 5.26 Å². The third-order valence-corrected chi connectivity index (χ3v) is 5.60. The van der Waals surface area contributed by atoms with Crippen LogP contribution in [0.4, 0.5) is 0 Å². The monoisotopic (exact) mass is 281 g/mol. The molecule has 1 nitrogen and oxygen atoms in total. The van der Waals surface area contributed by atoms with Crippen LogP contribution in [0.3, 0.4) is 0 Å². The summed E-state index contributed by atoms with van der Waals surface area (Å²) in [4.78, 5) is 1.26. The van der Waals surface area contributed by atoms with Gasteiger partial charge in [0.2, 0.25) is 0 Å². The number of nitriles is 1. The number of rotatable bonds is 3. The molecule has 2 unspecified atom stereocenters. The highest BCUT2D eigenvalue weighted by atomic mass is 32.1. The van der Waals surface area contributed by atoms with Crippen LogP contribution in [0.5, 0.6) is 0 Å². The molecule has 0 bridgehead atoms. The molecule has 3 rings (SSSR count). The Hall–Kier alpha value is -1.59. The van der Waals surface area contributed by atoms with Crippen molar-refractivity contribution in [3.63, 3.8) is 0 Å². The summed E-state index contributed by atoms with van der Waals surface area (Å²) in [7, 11) is 0. The van der Waals surface area contributed by atoms with Gasteiger partial charge in [0.1, 0.15) is 0 Å². The van der Waals surface area contributed by atoms with Crippen molar-refractivity contribution in [3.8, 4) is 6.07 Å². The van der Waals surface area contributed by atoms with Crippen LogP contribution in [-0.2, 0) is 11.8 Å². The Bertz CT molecular complexity index is 582. The summed E-state index contributed by atoms with van der Waals surface area (Å²) in [5.74, 6) is 0.447. The minimum atomic E-state index is -0.262. The standard InChI is InChI=1S/C18H19NS/c19-14-18(17-10-6-12-20-17)11-5-4-9-16(18)13-15-7-2-1-3-8-15/h1-3,6-8,10,12,16H,4-5,9,11,13H2. The highest BCUT2D eigenvalue weighted by molar-refractivity contribution is 7.10. The van der Waals surface area contributed by atoms with Crippen LogP contribution < -0.4 is 0 Å². The molecular weight excluding hydrogens is 262 g/mol. The van der Waals surface area contributed by atoms with E-state index < -0.39 is 0 Å². The third kappa shape index (κ3) is 2.39. The van der Waals surface area contributed by atoms with Crippen molar-refractivity contribution in [2.75, 3.05) is 0 Å². The summed E-state index contributed by atoms with van der Waals surface area (Å²) in [6.07, 6.45) is 5.64. The molecule has 0 aliphatic heterocycles. The lowest BCUT2D eigenvalue weighted by molar-refractivity contribution is 0.243. The SMILES string of the molecule is N#CC1(c2cccs2)CCCCC1Cc1ccccc1. The lowest BCUT2D eigenvalue weighted by Gasteiger charge is -2.38. The minimum Gasteiger partial charge on any atom is -0.197 e. The molecule has 0 amide bonds. The van der Waals surface area contributed by atoms with Gasteiger partial charge in [-0.15, -0.1) is 11.3 Å². The molecule has 102 valence electrons. The molecule has 0 spiro atoms. The van der Waals surface area contributed by atoms with Gasteiger partial charge in [0.25, 0.3) is 0 Å². The van der Waals surface area contributed by atoms with Crippen LogP contribution in [0.2, 0.25) is 0 Å². The maximum Gasteiger partial charge on any atom is 0.0945 e. The van der Waals surface area contributed by atoms with E-state index in [-0.39, 0.29) is 5.41 Å². The second-order valence-electron chi connectivity index (χ2n) is 5.69. The molecule has 0 saturated heterocycles. The van der Waals surface area contributed by atoms with Gasteiger partial charge in [-0.2, -0.15) is 5.26 Å². The maximum atomic E-state index is 9.92. The topological polar surface area (TPSA) is 23.8 Å². The average molecular weight is 281 g/mol. The van der Waals surface area contributed by atoms with Crippen LogP contribution in [0.25, 0.3) is 0 Å². The van der Waals surface area contributed by atoms with Crippen molar-refractivity contribution in [1.29, 1.82) is 5.26 Å². The van der Waals surface area contributed by atoms with Gasteiger partial charge in [-0.3, -0.25) is 0 Å². The Morgan fingerprint density at radius 2 is 2.00 bits per heavy atom. The van der Waals surface area contributed by atoms with E-state index in [0.29, 0.717) is 5.92 Å². The Morgan fingerprint density at radius 1 is 1.15 bits per heavy atom. The number of hydrogen-bond donors (Lipinski definition) is 0. The molecule has 1 fully saturated rings. The molecule has 1 aliphatic carbocycles. The second-order valence-corrected chi connectivity index (χ2v) is 6.64. The van der Waals surface area contributed by atoms with E-state index in [4.69, 9.17) is 0 Å². The highest BCUT2D eigenvalue weighted by Gasteiger charge is 2.43. The average Bonchev–Trinajstić information content (AvgIpc) is 3.04. The van der Waals surface area contributed by atoms with Crippen LogP contribution in [-0.4, -0.2) is 0 Å². The van der Waals surface area contributed by atoms with Crippen LogP contribution >= 0.6 is 11.3 Å². The van der Waals surface area contributed by atoms with Crippen LogP contribution in [0, 0.1) is 17.2 Å². The first-order valence-corrected chi connectivity index (χ1v) is 8.22. The largest absolute Gasteiger partial charge is 0.197 e. The smallest absolute Gasteiger partial charge is 0.0945 e.